The van der Waals surface area contributed by atoms with Crippen LogP contribution in [0.25, 0.3) is 0 Å². The standard InChI is InChI=1S/C22H23F3N2OS/c1-3-14-6-9-19-17(12-14)20(22(23,24)25)18(13-26)21(27-19)29-11-10-15-4-7-16(28-2)8-5-15/h4-5,7-8,14H,3,6,9-12H2,1-2H3. The van der Waals surface area contributed by atoms with E-state index in [9.17, 15) is 18.4 Å². The van der Waals surface area contributed by atoms with Crippen LogP contribution >= 0.6 is 11.8 Å². The van der Waals surface area contributed by atoms with Crippen LogP contribution in [0.3, 0.4) is 0 Å². The monoisotopic (exact) mass is 420 g/mol. The van der Waals surface area contributed by atoms with Crippen molar-refractivity contribution in [3.63, 3.8) is 0 Å². The fourth-order valence-electron chi connectivity index (χ4n) is 3.73. The lowest BCUT2D eigenvalue weighted by molar-refractivity contribution is -0.138. The molecule has 0 spiro atoms. The Hall–Kier alpha value is -2.20. The van der Waals surface area contributed by atoms with Crippen molar-refractivity contribution in [2.45, 2.75) is 50.2 Å². The summed E-state index contributed by atoms with van der Waals surface area (Å²) in [6.07, 6.45) is -1.34. The van der Waals surface area contributed by atoms with Gasteiger partial charge in [-0.3, -0.25) is 0 Å². The number of hydrogen-bond acceptors (Lipinski definition) is 4. The van der Waals surface area contributed by atoms with Crippen molar-refractivity contribution < 1.29 is 17.9 Å². The summed E-state index contributed by atoms with van der Waals surface area (Å²) in [5.74, 6) is 1.51. The van der Waals surface area contributed by atoms with Crippen molar-refractivity contribution in [2.75, 3.05) is 12.9 Å². The number of fused-ring (bicyclic) bond motifs is 1. The lowest BCUT2D eigenvalue weighted by Gasteiger charge is -2.27. The van der Waals surface area contributed by atoms with E-state index in [0.717, 1.165) is 24.2 Å². The number of aromatic nitrogens is 1. The van der Waals surface area contributed by atoms with E-state index in [1.165, 1.54) is 11.8 Å². The minimum absolute atomic E-state index is 0.196. The summed E-state index contributed by atoms with van der Waals surface area (Å²) in [5, 5.41) is 9.74. The smallest absolute Gasteiger partial charge is 0.418 e. The van der Waals surface area contributed by atoms with E-state index >= 15 is 0 Å². The first-order chi connectivity index (χ1) is 13.9. The second-order valence-corrected chi connectivity index (χ2v) is 8.25. The van der Waals surface area contributed by atoms with Crippen LogP contribution in [0.4, 0.5) is 13.2 Å². The number of thioether (sulfide) groups is 1. The van der Waals surface area contributed by atoms with Crippen molar-refractivity contribution >= 4 is 11.8 Å². The van der Waals surface area contributed by atoms with Gasteiger partial charge in [0.2, 0.25) is 0 Å². The van der Waals surface area contributed by atoms with Crippen molar-refractivity contribution in [3.8, 4) is 11.8 Å². The van der Waals surface area contributed by atoms with Crippen molar-refractivity contribution in [1.29, 1.82) is 5.26 Å². The van der Waals surface area contributed by atoms with E-state index in [4.69, 9.17) is 4.74 Å². The molecule has 1 heterocycles. The zero-order valence-corrected chi connectivity index (χ0v) is 17.3. The van der Waals surface area contributed by atoms with E-state index in [1.807, 2.05) is 31.2 Å². The van der Waals surface area contributed by atoms with Gasteiger partial charge >= 0.3 is 6.18 Å². The highest BCUT2D eigenvalue weighted by atomic mass is 32.2. The molecule has 0 N–H and O–H groups in total. The molecule has 29 heavy (non-hydrogen) atoms. The molecule has 2 aromatic rings. The molecule has 1 aliphatic carbocycles. The Kier molecular flexibility index (Phi) is 6.74. The fourth-order valence-corrected chi connectivity index (χ4v) is 4.73. The first-order valence-corrected chi connectivity index (χ1v) is 10.6. The number of halogens is 3. The Balaban J connectivity index is 1.87. The van der Waals surface area contributed by atoms with E-state index in [-0.39, 0.29) is 22.1 Å². The first kappa shape index (κ1) is 21.5. The van der Waals surface area contributed by atoms with Gasteiger partial charge in [0.15, 0.2) is 0 Å². The Morgan fingerprint density at radius 2 is 2.00 bits per heavy atom. The minimum atomic E-state index is -4.56. The number of pyridine rings is 1. The van der Waals surface area contributed by atoms with Crippen molar-refractivity contribution in [1.82, 2.24) is 4.98 Å². The predicted octanol–water partition coefficient (Wildman–Crippen LogP) is 5.83. The highest BCUT2D eigenvalue weighted by molar-refractivity contribution is 7.99. The number of benzene rings is 1. The molecule has 1 aromatic carbocycles. The molecule has 0 saturated carbocycles. The van der Waals surface area contributed by atoms with Crippen LogP contribution in [0, 0.1) is 17.2 Å². The molecule has 1 aromatic heterocycles. The Bertz CT molecular complexity index is 904. The molecule has 0 amide bonds. The third-order valence-corrected chi connectivity index (χ3v) is 6.37. The highest BCUT2D eigenvalue weighted by Crippen LogP contribution is 2.42. The number of alkyl halides is 3. The summed E-state index contributed by atoms with van der Waals surface area (Å²) < 4.78 is 46.8. The van der Waals surface area contributed by atoms with Gasteiger partial charge in [-0.1, -0.05) is 25.5 Å². The third kappa shape index (κ3) is 4.87. The average molecular weight is 421 g/mol. The number of nitrogens with zero attached hydrogens (tertiary/aromatic N) is 2. The fraction of sp³-hybridized carbons (Fsp3) is 0.455. The van der Waals surface area contributed by atoms with Crippen LogP contribution in [0.1, 0.15) is 47.7 Å². The Labute approximate surface area is 173 Å². The number of ether oxygens (including phenoxy) is 1. The van der Waals surface area contributed by atoms with Gasteiger partial charge in [-0.05, 0) is 54.9 Å². The van der Waals surface area contributed by atoms with E-state index < -0.39 is 11.7 Å². The molecule has 154 valence electrons. The topological polar surface area (TPSA) is 45.9 Å². The van der Waals surface area contributed by atoms with Gasteiger partial charge in [0.1, 0.15) is 16.8 Å². The van der Waals surface area contributed by atoms with Gasteiger partial charge in [-0.2, -0.15) is 18.4 Å². The van der Waals surface area contributed by atoms with Crippen LogP contribution in [0.2, 0.25) is 0 Å². The Morgan fingerprint density at radius 3 is 2.59 bits per heavy atom. The lowest BCUT2D eigenvalue weighted by atomic mass is 9.82. The van der Waals surface area contributed by atoms with Gasteiger partial charge in [0, 0.05) is 11.4 Å². The maximum atomic E-state index is 13.9. The van der Waals surface area contributed by atoms with E-state index in [1.54, 1.807) is 13.2 Å². The summed E-state index contributed by atoms with van der Waals surface area (Å²) >= 11 is 1.22. The Morgan fingerprint density at radius 1 is 1.28 bits per heavy atom. The molecule has 0 bridgehead atoms. The van der Waals surface area contributed by atoms with Gasteiger partial charge in [-0.25, -0.2) is 4.98 Å². The second kappa shape index (κ2) is 9.08. The van der Waals surface area contributed by atoms with Gasteiger partial charge < -0.3 is 4.74 Å². The van der Waals surface area contributed by atoms with E-state index in [0.29, 0.717) is 30.7 Å². The summed E-state index contributed by atoms with van der Waals surface area (Å²) in [5.41, 5.74) is 0.694. The zero-order valence-electron chi connectivity index (χ0n) is 16.5. The number of hydrogen-bond donors (Lipinski definition) is 0. The summed E-state index contributed by atoms with van der Waals surface area (Å²) in [7, 11) is 1.59. The van der Waals surface area contributed by atoms with Crippen LogP contribution in [0.15, 0.2) is 29.3 Å². The maximum Gasteiger partial charge on any atom is 0.418 e. The van der Waals surface area contributed by atoms with Gasteiger partial charge in [-0.15, -0.1) is 11.8 Å². The largest absolute Gasteiger partial charge is 0.497 e. The van der Waals surface area contributed by atoms with Crippen molar-refractivity contribution in [2.24, 2.45) is 5.92 Å². The summed E-state index contributed by atoms with van der Waals surface area (Å²) in [6.45, 7) is 1.99. The summed E-state index contributed by atoms with van der Waals surface area (Å²) in [6, 6.07) is 9.35. The minimum Gasteiger partial charge on any atom is -0.497 e. The maximum absolute atomic E-state index is 13.9. The molecule has 0 aliphatic heterocycles. The number of aryl methyl sites for hydroxylation is 2. The average Bonchev–Trinajstić information content (AvgIpc) is 2.72. The predicted molar refractivity (Wildman–Crippen MR) is 107 cm³/mol. The van der Waals surface area contributed by atoms with Crippen LogP contribution < -0.4 is 4.74 Å². The third-order valence-electron chi connectivity index (χ3n) is 5.39. The molecule has 3 rings (SSSR count). The molecule has 0 radical (unpaired) electrons. The number of nitriles is 1. The lowest BCUT2D eigenvalue weighted by Crippen LogP contribution is -2.23. The second-order valence-electron chi connectivity index (χ2n) is 7.17. The molecule has 0 fully saturated rings. The van der Waals surface area contributed by atoms with Gasteiger partial charge in [0.05, 0.1) is 18.2 Å². The first-order valence-electron chi connectivity index (χ1n) is 9.66. The molecule has 1 atom stereocenters. The van der Waals surface area contributed by atoms with Crippen LogP contribution in [0.5, 0.6) is 5.75 Å². The molecule has 1 aliphatic rings. The molecule has 7 heteroatoms. The highest BCUT2D eigenvalue weighted by Gasteiger charge is 2.40. The number of methoxy groups -OCH3 is 1. The normalized spacial score (nSPS) is 16.2. The van der Waals surface area contributed by atoms with E-state index in [2.05, 4.69) is 4.98 Å². The van der Waals surface area contributed by atoms with Crippen molar-refractivity contribution in [3.05, 3.63) is 52.2 Å². The number of rotatable bonds is 6. The van der Waals surface area contributed by atoms with Gasteiger partial charge in [0.25, 0.3) is 0 Å². The summed E-state index contributed by atoms with van der Waals surface area (Å²) in [4.78, 5) is 4.51. The van der Waals surface area contributed by atoms with Crippen LogP contribution in [-0.2, 0) is 25.4 Å². The molecular formula is C22H23F3N2OS. The quantitative estimate of drug-likeness (QED) is 0.552. The SMILES string of the molecule is CCC1CCc2nc(SCCc3ccc(OC)cc3)c(C#N)c(C(F)(F)F)c2C1. The van der Waals surface area contributed by atoms with Crippen LogP contribution in [-0.4, -0.2) is 17.8 Å². The zero-order chi connectivity index (χ0) is 21.0. The molecule has 3 nitrogen and oxygen atoms in total. The molecule has 0 saturated heterocycles. The molecule has 1 unspecified atom stereocenters. The molecular weight excluding hydrogens is 397 g/mol.